The Balaban J connectivity index is 1.81. The normalized spacial score (nSPS) is 43.4. The van der Waals surface area contributed by atoms with Crippen LogP contribution in [-0.2, 0) is 4.79 Å². The van der Waals surface area contributed by atoms with Crippen molar-refractivity contribution in [2.75, 3.05) is 33.7 Å². The van der Waals surface area contributed by atoms with Crippen molar-refractivity contribution in [3.8, 4) is 0 Å². The van der Waals surface area contributed by atoms with E-state index < -0.39 is 5.97 Å². The lowest BCUT2D eigenvalue weighted by molar-refractivity contribution is -0.977. The van der Waals surface area contributed by atoms with Crippen LogP contribution < -0.4 is 0 Å². The highest BCUT2D eigenvalue weighted by molar-refractivity contribution is 5.66. The molecule has 0 radical (unpaired) electrons. The number of likely N-dealkylation sites (tertiary alicyclic amines) is 1. The van der Waals surface area contributed by atoms with Gasteiger partial charge in [0.05, 0.1) is 51.6 Å². The molecule has 126 valence electrons. The summed E-state index contributed by atoms with van der Waals surface area (Å²) in [5.41, 5.74) is 0. The maximum absolute atomic E-state index is 13.3. The van der Waals surface area contributed by atoms with Crippen LogP contribution in [0.1, 0.15) is 44.9 Å². The molecule has 3 aliphatic heterocycles. The molecule has 3 rings (SSSR count). The molecule has 0 aromatic carbocycles. The molecular formula is C17H31N2O3+. The van der Waals surface area contributed by atoms with E-state index in [9.17, 15) is 10.0 Å². The van der Waals surface area contributed by atoms with E-state index in [1.165, 1.54) is 12.8 Å². The first kappa shape index (κ1) is 16.2. The van der Waals surface area contributed by atoms with Crippen molar-refractivity contribution in [1.82, 2.24) is 0 Å². The number of hydroxylamine groups is 3. The fraction of sp³-hybridized carbons (Fsp3) is 0.941. The van der Waals surface area contributed by atoms with Crippen LogP contribution in [0.5, 0.6) is 0 Å². The molecule has 22 heavy (non-hydrogen) atoms. The van der Waals surface area contributed by atoms with Gasteiger partial charge in [-0.05, 0) is 32.1 Å². The van der Waals surface area contributed by atoms with Crippen molar-refractivity contribution in [2.45, 2.75) is 57.0 Å². The van der Waals surface area contributed by atoms with E-state index in [4.69, 9.17) is 5.11 Å². The molecular weight excluding hydrogens is 280 g/mol. The quantitative estimate of drug-likeness (QED) is 0.639. The third-order valence-electron chi connectivity index (χ3n) is 6.64. The number of aliphatic carboxylic acids is 1. The van der Waals surface area contributed by atoms with Gasteiger partial charge in [0.25, 0.3) is 0 Å². The second-order valence-electron chi connectivity index (χ2n) is 8.41. The van der Waals surface area contributed by atoms with Crippen molar-refractivity contribution in [3.05, 3.63) is 5.21 Å². The average Bonchev–Trinajstić information content (AvgIpc) is 2.40. The zero-order valence-electron chi connectivity index (χ0n) is 14.0. The summed E-state index contributed by atoms with van der Waals surface area (Å²) in [7, 11) is 4.59. The number of carboxylic acids is 1. The van der Waals surface area contributed by atoms with E-state index in [-0.39, 0.29) is 11.1 Å². The van der Waals surface area contributed by atoms with Gasteiger partial charge in [-0.25, -0.2) is 0 Å². The van der Waals surface area contributed by atoms with Gasteiger partial charge in [0.2, 0.25) is 0 Å². The number of hydrogen-bond acceptors (Lipinski definition) is 2. The monoisotopic (exact) mass is 311 g/mol. The van der Waals surface area contributed by atoms with Crippen molar-refractivity contribution in [3.63, 3.8) is 0 Å². The van der Waals surface area contributed by atoms with Crippen molar-refractivity contribution in [2.24, 2.45) is 11.8 Å². The van der Waals surface area contributed by atoms with Crippen molar-refractivity contribution in [1.29, 1.82) is 0 Å². The van der Waals surface area contributed by atoms with Crippen LogP contribution in [-0.4, -0.2) is 66.0 Å². The minimum absolute atomic E-state index is 0.0603. The molecule has 3 heterocycles. The van der Waals surface area contributed by atoms with E-state index in [0.29, 0.717) is 23.9 Å². The lowest BCUT2D eigenvalue weighted by atomic mass is 9.68. The lowest BCUT2D eigenvalue weighted by Gasteiger charge is -2.64. The topological polar surface area (TPSA) is 60.4 Å². The standard InChI is InChI=1S/C17H30N2O3/c1-18(2)12-13-6-4-10-19(22)11-5-7-14(17(13)19)15(18)8-3-9-16(20)21/h13-15,17H,3-12H2,1-2H3/p+1/t13-,14+,15?,17-,19?/m0/s1. The Morgan fingerprint density at radius 1 is 1.23 bits per heavy atom. The van der Waals surface area contributed by atoms with Gasteiger partial charge in [-0.15, -0.1) is 0 Å². The first-order valence-corrected chi connectivity index (χ1v) is 8.96. The zero-order valence-corrected chi connectivity index (χ0v) is 14.0. The Labute approximate surface area is 133 Å². The predicted octanol–water partition coefficient (Wildman–Crippen LogP) is 2.20. The number of carbonyl (C=O) groups is 1. The molecule has 0 aromatic heterocycles. The lowest BCUT2D eigenvalue weighted by Crippen LogP contribution is -2.73. The van der Waals surface area contributed by atoms with Gasteiger partial charge in [-0.1, -0.05) is 0 Å². The van der Waals surface area contributed by atoms with Crippen molar-refractivity contribution >= 4 is 5.97 Å². The molecule has 3 aliphatic rings. The van der Waals surface area contributed by atoms with Gasteiger partial charge in [0.1, 0.15) is 6.04 Å². The summed E-state index contributed by atoms with van der Waals surface area (Å²) in [5.74, 6) is 0.366. The van der Waals surface area contributed by atoms with Crippen LogP contribution in [0.3, 0.4) is 0 Å². The number of quaternary nitrogens is 2. The molecule has 5 heteroatoms. The largest absolute Gasteiger partial charge is 0.633 e. The molecule has 0 aliphatic carbocycles. The Morgan fingerprint density at radius 2 is 1.91 bits per heavy atom. The van der Waals surface area contributed by atoms with Crippen LogP contribution >= 0.6 is 0 Å². The molecule has 3 saturated heterocycles. The van der Waals surface area contributed by atoms with Crippen LogP contribution in [0.15, 0.2) is 0 Å². The second kappa shape index (κ2) is 5.77. The van der Waals surface area contributed by atoms with Gasteiger partial charge in [-0.2, -0.15) is 0 Å². The number of piperidine rings is 3. The summed E-state index contributed by atoms with van der Waals surface area (Å²) in [5, 5.41) is 22.2. The van der Waals surface area contributed by atoms with E-state index in [1.807, 2.05) is 0 Å². The summed E-state index contributed by atoms with van der Waals surface area (Å²) in [6, 6.07) is 0.758. The molecule has 1 N–H and O–H groups in total. The molecule has 0 aromatic rings. The minimum Gasteiger partial charge on any atom is -0.633 e. The SMILES string of the molecule is C[N+]1(C)C[C@@H]2CCC[N+]3([O-])CCC[C@H](C1CCCC(=O)O)[C@H]23. The molecule has 5 atom stereocenters. The number of hydrogen-bond donors (Lipinski definition) is 1. The zero-order chi connectivity index (χ0) is 16.0. The Kier molecular flexibility index (Phi) is 4.25. The average molecular weight is 311 g/mol. The summed E-state index contributed by atoms with van der Waals surface area (Å²) < 4.78 is 1.04. The van der Waals surface area contributed by atoms with Gasteiger partial charge < -0.3 is 19.4 Å². The minimum atomic E-state index is -0.700. The van der Waals surface area contributed by atoms with E-state index in [2.05, 4.69) is 14.1 Å². The fourth-order valence-electron chi connectivity index (χ4n) is 5.95. The fourth-order valence-corrected chi connectivity index (χ4v) is 5.95. The van der Waals surface area contributed by atoms with Crippen LogP contribution in [0.4, 0.5) is 0 Å². The molecule has 0 bridgehead atoms. The smallest absolute Gasteiger partial charge is 0.303 e. The van der Waals surface area contributed by atoms with Gasteiger partial charge >= 0.3 is 5.97 Å². The molecule has 0 spiro atoms. The molecule has 2 unspecified atom stereocenters. The first-order chi connectivity index (χ1) is 10.3. The third kappa shape index (κ3) is 2.79. The first-order valence-electron chi connectivity index (χ1n) is 8.96. The Hall–Kier alpha value is -0.650. The third-order valence-corrected chi connectivity index (χ3v) is 6.64. The van der Waals surface area contributed by atoms with E-state index in [1.54, 1.807) is 0 Å². The van der Waals surface area contributed by atoms with Crippen molar-refractivity contribution < 1.29 is 19.0 Å². The van der Waals surface area contributed by atoms with Crippen LogP contribution in [0.2, 0.25) is 0 Å². The van der Waals surface area contributed by atoms with E-state index >= 15 is 0 Å². The van der Waals surface area contributed by atoms with Gasteiger partial charge in [0.15, 0.2) is 0 Å². The predicted molar refractivity (Wildman–Crippen MR) is 84.8 cm³/mol. The summed E-state index contributed by atoms with van der Waals surface area (Å²) in [4.78, 5) is 10.8. The number of nitrogens with zero attached hydrogens (tertiary/aromatic N) is 2. The highest BCUT2D eigenvalue weighted by Crippen LogP contribution is 2.48. The maximum Gasteiger partial charge on any atom is 0.303 e. The highest BCUT2D eigenvalue weighted by atomic mass is 16.5. The second-order valence-corrected chi connectivity index (χ2v) is 8.41. The Bertz CT molecular complexity index is 436. The number of carboxylic acid groups (broad SMARTS) is 1. The molecule has 0 saturated carbocycles. The van der Waals surface area contributed by atoms with Gasteiger partial charge in [0, 0.05) is 12.8 Å². The van der Waals surface area contributed by atoms with Gasteiger partial charge in [-0.3, -0.25) is 4.79 Å². The number of rotatable bonds is 4. The summed E-state index contributed by atoms with van der Waals surface area (Å²) >= 11 is 0. The maximum atomic E-state index is 13.3. The van der Waals surface area contributed by atoms with Crippen LogP contribution in [0, 0.1) is 17.0 Å². The highest BCUT2D eigenvalue weighted by Gasteiger charge is 2.57. The summed E-state index contributed by atoms with van der Waals surface area (Å²) in [6.45, 7) is 2.72. The molecule has 5 nitrogen and oxygen atoms in total. The Morgan fingerprint density at radius 3 is 2.59 bits per heavy atom. The summed E-state index contributed by atoms with van der Waals surface area (Å²) in [6.07, 6.45) is 6.47. The van der Waals surface area contributed by atoms with Crippen LogP contribution in [0.25, 0.3) is 0 Å². The van der Waals surface area contributed by atoms with E-state index in [0.717, 1.165) is 49.8 Å². The molecule has 0 amide bonds. The molecule has 3 fully saturated rings.